The molecule has 0 unspecified atom stereocenters. The quantitative estimate of drug-likeness (QED) is 0.480. The molecule has 3 rings (SSSR count). The summed E-state index contributed by atoms with van der Waals surface area (Å²) in [6.07, 6.45) is 6.66. The predicted octanol–water partition coefficient (Wildman–Crippen LogP) is 4.15. The molecule has 1 amide bonds. The number of ether oxygens (including phenoxy) is 1. The summed E-state index contributed by atoms with van der Waals surface area (Å²) < 4.78 is 7.32. The minimum absolute atomic E-state index is 0.135. The summed E-state index contributed by atoms with van der Waals surface area (Å²) in [5.41, 5.74) is 3.93. The van der Waals surface area contributed by atoms with Gasteiger partial charge in [-0.15, -0.1) is 0 Å². The highest BCUT2D eigenvalue weighted by Gasteiger charge is 2.20. The van der Waals surface area contributed by atoms with Crippen LogP contribution in [-0.2, 0) is 16.1 Å². The highest BCUT2D eigenvalue weighted by atomic mass is 35.5. The Balaban J connectivity index is 1.47. The first kappa shape index (κ1) is 20.6. The predicted molar refractivity (Wildman–Crippen MR) is 112 cm³/mol. The van der Waals surface area contributed by atoms with Gasteiger partial charge in [0.1, 0.15) is 5.15 Å². The Morgan fingerprint density at radius 2 is 2.07 bits per heavy atom. The fourth-order valence-electron chi connectivity index (χ4n) is 2.87. The average molecular weight is 402 g/mol. The minimum Gasteiger partial charge on any atom is -0.381 e. The molecule has 5 nitrogen and oxygen atoms in total. The highest BCUT2D eigenvalue weighted by molar-refractivity contribution is 6.31. The number of nitrogens with one attached hydrogen (secondary N) is 1. The van der Waals surface area contributed by atoms with Crippen LogP contribution in [-0.4, -0.2) is 35.4 Å². The smallest absolute Gasteiger partial charge is 0.244 e. The van der Waals surface area contributed by atoms with Crippen LogP contribution in [0.2, 0.25) is 5.15 Å². The van der Waals surface area contributed by atoms with Crippen LogP contribution in [0.3, 0.4) is 0 Å². The standard InChI is InChI=1S/C22H28ClN3O2/c1-16-4-6-18(7-5-16)14-26-22(23)20(17(2)25-26)10-11-21(27)24-12-3-13-28-15-19-8-9-19/h4-7,10-11,19H,3,8-9,12-15H2,1-2H3,(H,24,27)/b11-10+. The van der Waals surface area contributed by atoms with Gasteiger partial charge in [-0.2, -0.15) is 5.10 Å². The van der Waals surface area contributed by atoms with Crippen molar-refractivity contribution in [3.8, 4) is 0 Å². The van der Waals surface area contributed by atoms with Crippen molar-refractivity contribution in [1.82, 2.24) is 15.1 Å². The van der Waals surface area contributed by atoms with E-state index in [1.54, 1.807) is 10.8 Å². The van der Waals surface area contributed by atoms with Gasteiger partial charge in [-0.1, -0.05) is 41.4 Å². The summed E-state index contributed by atoms with van der Waals surface area (Å²) in [4.78, 5) is 12.0. The molecule has 0 bridgehead atoms. The van der Waals surface area contributed by atoms with Gasteiger partial charge in [-0.3, -0.25) is 4.79 Å². The number of aromatic nitrogens is 2. The lowest BCUT2D eigenvalue weighted by molar-refractivity contribution is -0.116. The van der Waals surface area contributed by atoms with Gasteiger partial charge in [-0.05, 0) is 50.7 Å². The lowest BCUT2D eigenvalue weighted by atomic mass is 10.1. The zero-order valence-corrected chi connectivity index (χ0v) is 17.3. The number of carbonyl (C=O) groups is 1. The number of aryl methyl sites for hydroxylation is 2. The molecule has 1 aromatic heterocycles. The molecule has 0 spiro atoms. The zero-order valence-electron chi connectivity index (χ0n) is 16.6. The van der Waals surface area contributed by atoms with E-state index >= 15 is 0 Å². The van der Waals surface area contributed by atoms with Crippen molar-refractivity contribution in [2.45, 2.75) is 39.7 Å². The molecule has 0 atom stereocenters. The van der Waals surface area contributed by atoms with E-state index in [2.05, 4.69) is 41.6 Å². The van der Waals surface area contributed by atoms with Gasteiger partial charge < -0.3 is 10.1 Å². The number of amides is 1. The maximum Gasteiger partial charge on any atom is 0.244 e. The van der Waals surface area contributed by atoms with Crippen molar-refractivity contribution in [2.24, 2.45) is 5.92 Å². The molecule has 1 aliphatic carbocycles. The van der Waals surface area contributed by atoms with E-state index in [0.717, 1.165) is 35.8 Å². The number of hydrogen-bond donors (Lipinski definition) is 1. The molecule has 1 aromatic carbocycles. The van der Waals surface area contributed by atoms with E-state index in [4.69, 9.17) is 16.3 Å². The summed E-state index contributed by atoms with van der Waals surface area (Å²) in [7, 11) is 0. The van der Waals surface area contributed by atoms with Gasteiger partial charge in [0.05, 0.1) is 12.2 Å². The number of rotatable bonds is 10. The molecule has 150 valence electrons. The third-order valence-corrected chi connectivity index (χ3v) is 5.18. The van der Waals surface area contributed by atoms with Crippen molar-refractivity contribution in [1.29, 1.82) is 0 Å². The lowest BCUT2D eigenvalue weighted by Gasteiger charge is -2.04. The van der Waals surface area contributed by atoms with Crippen molar-refractivity contribution >= 4 is 23.6 Å². The molecule has 0 radical (unpaired) electrons. The maximum atomic E-state index is 12.0. The molecule has 2 aromatic rings. The van der Waals surface area contributed by atoms with Crippen LogP contribution in [0.1, 0.15) is 41.6 Å². The van der Waals surface area contributed by atoms with Crippen molar-refractivity contribution in [2.75, 3.05) is 19.8 Å². The van der Waals surface area contributed by atoms with Crippen molar-refractivity contribution in [3.05, 3.63) is 57.9 Å². The van der Waals surface area contributed by atoms with Crippen molar-refractivity contribution in [3.63, 3.8) is 0 Å². The number of halogens is 1. The Morgan fingerprint density at radius 1 is 1.32 bits per heavy atom. The van der Waals surface area contributed by atoms with Gasteiger partial charge >= 0.3 is 0 Å². The number of nitrogens with zero attached hydrogens (tertiary/aromatic N) is 2. The summed E-state index contributed by atoms with van der Waals surface area (Å²) in [5, 5.41) is 7.92. The van der Waals surface area contributed by atoms with E-state index < -0.39 is 0 Å². The first-order chi connectivity index (χ1) is 13.5. The first-order valence-corrected chi connectivity index (χ1v) is 10.2. The SMILES string of the molecule is Cc1ccc(Cn2nc(C)c(/C=C/C(=O)NCCCOCC3CC3)c2Cl)cc1. The average Bonchev–Trinajstić information content (AvgIpc) is 3.45. The monoisotopic (exact) mass is 401 g/mol. The lowest BCUT2D eigenvalue weighted by Crippen LogP contribution is -2.23. The van der Waals surface area contributed by atoms with Gasteiger partial charge in [0.25, 0.3) is 0 Å². The Hall–Kier alpha value is -2.11. The topological polar surface area (TPSA) is 56.2 Å². The van der Waals surface area contributed by atoms with E-state index in [0.29, 0.717) is 24.8 Å². The highest BCUT2D eigenvalue weighted by Crippen LogP contribution is 2.28. The van der Waals surface area contributed by atoms with Crippen LogP contribution in [0, 0.1) is 19.8 Å². The third kappa shape index (κ3) is 6.21. The summed E-state index contributed by atoms with van der Waals surface area (Å²) in [5.74, 6) is 0.640. The molecule has 1 saturated carbocycles. The molecule has 28 heavy (non-hydrogen) atoms. The molecular formula is C22H28ClN3O2. The van der Waals surface area contributed by atoms with E-state index in [1.807, 2.05) is 6.92 Å². The third-order valence-electron chi connectivity index (χ3n) is 4.78. The van der Waals surface area contributed by atoms with Gasteiger partial charge in [0.2, 0.25) is 5.91 Å². The molecule has 0 aliphatic heterocycles. The number of benzene rings is 1. The molecular weight excluding hydrogens is 374 g/mol. The van der Waals surface area contributed by atoms with Crippen LogP contribution in [0.25, 0.3) is 6.08 Å². The molecule has 0 saturated heterocycles. The molecule has 1 fully saturated rings. The van der Waals surface area contributed by atoms with E-state index in [9.17, 15) is 4.79 Å². The summed E-state index contributed by atoms with van der Waals surface area (Å²) in [6, 6.07) is 8.28. The second-order valence-corrected chi connectivity index (χ2v) is 7.79. The van der Waals surface area contributed by atoms with Crippen LogP contribution in [0.15, 0.2) is 30.3 Å². The van der Waals surface area contributed by atoms with Crippen LogP contribution < -0.4 is 5.32 Å². The number of hydrogen-bond acceptors (Lipinski definition) is 3. The first-order valence-electron chi connectivity index (χ1n) is 9.85. The van der Waals surface area contributed by atoms with Gasteiger partial charge in [-0.25, -0.2) is 4.68 Å². The summed E-state index contributed by atoms with van der Waals surface area (Å²) in [6.45, 7) is 6.71. The maximum absolute atomic E-state index is 12.0. The Bertz CT molecular complexity index is 823. The minimum atomic E-state index is -0.135. The Morgan fingerprint density at radius 3 is 2.79 bits per heavy atom. The van der Waals surface area contributed by atoms with Gasteiger partial charge in [0, 0.05) is 31.4 Å². The van der Waals surface area contributed by atoms with E-state index in [-0.39, 0.29) is 5.91 Å². The molecule has 6 heteroatoms. The summed E-state index contributed by atoms with van der Waals surface area (Å²) >= 11 is 6.49. The van der Waals surface area contributed by atoms with Gasteiger partial charge in [0.15, 0.2) is 0 Å². The largest absolute Gasteiger partial charge is 0.381 e. The number of carbonyl (C=O) groups excluding carboxylic acids is 1. The fraction of sp³-hybridized carbons (Fsp3) is 0.455. The van der Waals surface area contributed by atoms with Crippen LogP contribution in [0.4, 0.5) is 0 Å². The second-order valence-electron chi connectivity index (χ2n) is 7.43. The molecule has 1 aliphatic rings. The molecule has 1 N–H and O–H groups in total. The molecule has 1 heterocycles. The van der Waals surface area contributed by atoms with E-state index in [1.165, 1.54) is 24.5 Å². The normalized spacial score (nSPS) is 14.0. The zero-order chi connectivity index (χ0) is 19.9. The Labute approximate surface area is 171 Å². The second kappa shape index (κ2) is 9.89. The Kier molecular flexibility index (Phi) is 7.29. The van der Waals surface area contributed by atoms with Crippen LogP contribution in [0.5, 0.6) is 0 Å². The van der Waals surface area contributed by atoms with Crippen molar-refractivity contribution < 1.29 is 9.53 Å². The fourth-order valence-corrected chi connectivity index (χ4v) is 3.16. The van der Waals surface area contributed by atoms with Crippen LogP contribution >= 0.6 is 11.6 Å².